The van der Waals surface area contributed by atoms with Gasteiger partial charge in [0.05, 0.1) is 17.7 Å². The van der Waals surface area contributed by atoms with Crippen LogP contribution in [0.1, 0.15) is 28.7 Å². The Bertz CT molecular complexity index is 1190. The molecular weight excluding hydrogens is 388 g/mol. The summed E-state index contributed by atoms with van der Waals surface area (Å²) in [6, 6.07) is 13.1. The van der Waals surface area contributed by atoms with Gasteiger partial charge < -0.3 is 9.13 Å². The number of aryl methyl sites for hydroxylation is 5. The number of hydrogen-bond acceptors (Lipinski definition) is 3. The highest BCUT2D eigenvalue weighted by Gasteiger charge is 2.10. The Labute approximate surface area is 182 Å². The van der Waals surface area contributed by atoms with Gasteiger partial charge in [-0.2, -0.15) is 0 Å². The van der Waals surface area contributed by atoms with Gasteiger partial charge >= 0.3 is 0 Å². The molecule has 0 saturated carbocycles. The predicted octanol–water partition coefficient (Wildman–Crippen LogP) is 5.97. The maximum Gasteiger partial charge on any atom is 0.190 e. The maximum atomic E-state index is 5.10. The van der Waals surface area contributed by atoms with Crippen molar-refractivity contribution < 1.29 is 0 Å². The van der Waals surface area contributed by atoms with Crippen LogP contribution in [0.5, 0.6) is 0 Å². The lowest BCUT2D eigenvalue weighted by Crippen LogP contribution is -2.17. The Morgan fingerprint density at radius 3 is 2.43 bits per heavy atom. The van der Waals surface area contributed by atoms with Crippen LogP contribution in [0.15, 0.2) is 65.5 Å². The fraction of sp³-hybridized carbons (Fsp3) is 0.280. The van der Waals surface area contributed by atoms with E-state index in [2.05, 4.69) is 83.6 Å². The van der Waals surface area contributed by atoms with Crippen molar-refractivity contribution in [2.75, 3.05) is 0 Å². The van der Waals surface area contributed by atoms with Gasteiger partial charge in [-0.15, -0.1) is 11.3 Å². The van der Waals surface area contributed by atoms with Gasteiger partial charge in [0.15, 0.2) is 4.80 Å². The van der Waals surface area contributed by atoms with Crippen LogP contribution in [0.25, 0.3) is 11.3 Å². The van der Waals surface area contributed by atoms with Gasteiger partial charge in [0, 0.05) is 30.9 Å². The van der Waals surface area contributed by atoms with Crippen molar-refractivity contribution in [1.29, 1.82) is 0 Å². The smallest absolute Gasteiger partial charge is 0.190 e. The molecule has 0 radical (unpaired) electrons. The second-order valence-electron chi connectivity index (χ2n) is 7.86. The van der Waals surface area contributed by atoms with Gasteiger partial charge in [-0.05, 0) is 68.0 Å². The maximum absolute atomic E-state index is 5.10. The molecule has 154 valence electrons. The Balaban J connectivity index is 1.76. The Morgan fingerprint density at radius 2 is 1.73 bits per heavy atom. The van der Waals surface area contributed by atoms with E-state index >= 15 is 0 Å². The third-order valence-corrected chi connectivity index (χ3v) is 6.47. The molecular formula is C25H28N4S. The number of para-hydroxylation sites is 1. The van der Waals surface area contributed by atoms with Crippen LogP contribution in [0.2, 0.25) is 0 Å². The lowest BCUT2D eigenvalue weighted by Gasteiger charge is -2.12. The highest BCUT2D eigenvalue weighted by molar-refractivity contribution is 7.07. The summed E-state index contributed by atoms with van der Waals surface area (Å²) in [5, 5.41) is 2.24. The van der Waals surface area contributed by atoms with E-state index in [9.17, 15) is 0 Å². The van der Waals surface area contributed by atoms with Crippen molar-refractivity contribution in [2.24, 2.45) is 4.99 Å². The molecule has 0 aliphatic rings. The Hall–Kier alpha value is -2.92. The fourth-order valence-electron chi connectivity index (χ4n) is 3.67. The molecule has 4 nitrogen and oxygen atoms in total. The average Bonchev–Trinajstić information content (AvgIpc) is 3.37. The first-order valence-corrected chi connectivity index (χ1v) is 11.2. The first-order chi connectivity index (χ1) is 14.5. The van der Waals surface area contributed by atoms with E-state index in [-0.39, 0.29) is 0 Å². The van der Waals surface area contributed by atoms with Gasteiger partial charge in [-0.1, -0.05) is 30.3 Å². The SMILES string of the molecule is Cc1ccc(-c2csc(=Nc3c(C)cccc3C)n2CCCn2ccnc2)cc1C. The number of nitrogens with zero attached hydrogens (tertiary/aromatic N) is 4. The Morgan fingerprint density at radius 1 is 0.933 bits per heavy atom. The van der Waals surface area contributed by atoms with Crippen molar-refractivity contribution in [3.05, 3.63) is 87.6 Å². The van der Waals surface area contributed by atoms with Crippen molar-refractivity contribution >= 4 is 17.0 Å². The van der Waals surface area contributed by atoms with E-state index in [0.29, 0.717) is 0 Å². The summed E-state index contributed by atoms with van der Waals surface area (Å²) in [4.78, 5) is 10.3. The summed E-state index contributed by atoms with van der Waals surface area (Å²) in [5.41, 5.74) is 8.62. The van der Waals surface area contributed by atoms with Gasteiger partial charge in [-0.3, -0.25) is 0 Å². The predicted molar refractivity (Wildman–Crippen MR) is 125 cm³/mol. The van der Waals surface area contributed by atoms with Crippen molar-refractivity contribution in [1.82, 2.24) is 14.1 Å². The van der Waals surface area contributed by atoms with Crippen LogP contribution in [-0.2, 0) is 13.1 Å². The third-order valence-electron chi connectivity index (χ3n) is 5.60. The van der Waals surface area contributed by atoms with Crippen molar-refractivity contribution in [3.8, 4) is 11.3 Å². The van der Waals surface area contributed by atoms with Gasteiger partial charge in [-0.25, -0.2) is 9.98 Å². The zero-order chi connectivity index (χ0) is 21.1. The zero-order valence-electron chi connectivity index (χ0n) is 18.1. The molecule has 0 fully saturated rings. The topological polar surface area (TPSA) is 35.1 Å². The molecule has 0 atom stereocenters. The standard InChI is InChI=1S/C25H28N4S/c1-18-9-10-22(15-21(18)4)23-16-30-25(27-24-19(2)7-5-8-20(24)3)29(23)13-6-12-28-14-11-26-17-28/h5,7-11,14-17H,6,12-13H2,1-4H3. The quantitative estimate of drug-likeness (QED) is 0.381. The fourth-order valence-corrected chi connectivity index (χ4v) is 4.62. The molecule has 0 unspecified atom stereocenters. The van der Waals surface area contributed by atoms with Gasteiger partial charge in [0.2, 0.25) is 0 Å². The number of rotatable bonds is 6. The van der Waals surface area contributed by atoms with E-state index in [1.807, 2.05) is 18.7 Å². The molecule has 30 heavy (non-hydrogen) atoms. The van der Waals surface area contributed by atoms with Crippen molar-refractivity contribution in [2.45, 2.75) is 47.2 Å². The molecule has 0 bridgehead atoms. The van der Waals surface area contributed by atoms with Crippen LogP contribution >= 0.6 is 11.3 Å². The summed E-state index contributed by atoms with van der Waals surface area (Å²) >= 11 is 1.72. The molecule has 2 aromatic heterocycles. The number of thiazole rings is 1. The van der Waals surface area contributed by atoms with Crippen LogP contribution in [0.4, 0.5) is 5.69 Å². The van der Waals surface area contributed by atoms with E-state index in [0.717, 1.165) is 30.0 Å². The third kappa shape index (κ3) is 4.31. The molecule has 0 aliphatic carbocycles. The summed E-state index contributed by atoms with van der Waals surface area (Å²) in [6.45, 7) is 10.5. The number of benzene rings is 2. The van der Waals surface area contributed by atoms with Crippen LogP contribution < -0.4 is 4.80 Å². The summed E-state index contributed by atoms with van der Waals surface area (Å²) < 4.78 is 4.50. The summed E-state index contributed by atoms with van der Waals surface area (Å²) in [5.74, 6) is 0. The van der Waals surface area contributed by atoms with Gasteiger partial charge in [0.25, 0.3) is 0 Å². The first-order valence-electron chi connectivity index (χ1n) is 10.4. The largest absolute Gasteiger partial charge is 0.337 e. The Kier molecular flexibility index (Phi) is 6.00. The number of imidazole rings is 1. The van der Waals surface area contributed by atoms with Crippen LogP contribution in [0.3, 0.4) is 0 Å². The molecule has 0 amide bonds. The van der Waals surface area contributed by atoms with E-state index in [4.69, 9.17) is 4.99 Å². The number of hydrogen-bond donors (Lipinski definition) is 0. The van der Waals surface area contributed by atoms with Crippen LogP contribution in [-0.4, -0.2) is 14.1 Å². The molecule has 4 aromatic rings. The molecule has 0 saturated heterocycles. The minimum atomic E-state index is 0.910. The zero-order valence-corrected chi connectivity index (χ0v) is 18.9. The molecule has 4 rings (SSSR count). The molecule has 5 heteroatoms. The molecule has 2 aromatic carbocycles. The molecule has 0 aliphatic heterocycles. The second kappa shape index (κ2) is 8.84. The van der Waals surface area contributed by atoms with E-state index in [1.54, 1.807) is 11.3 Å². The lowest BCUT2D eigenvalue weighted by atomic mass is 10.0. The normalized spacial score (nSPS) is 11.9. The van der Waals surface area contributed by atoms with Crippen LogP contribution in [0, 0.1) is 27.7 Å². The minimum Gasteiger partial charge on any atom is -0.337 e. The van der Waals surface area contributed by atoms with E-state index in [1.165, 1.54) is 33.5 Å². The first kappa shape index (κ1) is 20.4. The molecule has 2 heterocycles. The number of aromatic nitrogens is 3. The minimum absolute atomic E-state index is 0.910. The van der Waals surface area contributed by atoms with Gasteiger partial charge in [0.1, 0.15) is 0 Å². The summed E-state index contributed by atoms with van der Waals surface area (Å²) in [6.07, 6.45) is 6.75. The lowest BCUT2D eigenvalue weighted by molar-refractivity contribution is 0.559. The molecule has 0 N–H and O–H groups in total. The summed E-state index contributed by atoms with van der Waals surface area (Å²) in [7, 11) is 0. The second-order valence-corrected chi connectivity index (χ2v) is 8.70. The highest BCUT2D eigenvalue weighted by Crippen LogP contribution is 2.26. The average molecular weight is 417 g/mol. The highest BCUT2D eigenvalue weighted by atomic mass is 32.1. The molecule has 0 spiro atoms. The monoisotopic (exact) mass is 416 g/mol. The van der Waals surface area contributed by atoms with E-state index < -0.39 is 0 Å². The van der Waals surface area contributed by atoms with Crippen molar-refractivity contribution in [3.63, 3.8) is 0 Å².